The molecule has 0 saturated carbocycles. The number of aryl methyl sites for hydroxylation is 1. The first-order valence-electron chi connectivity index (χ1n) is 9.19. The Balaban J connectivity index is 1.89. The van der Waals surface area contributed by atoms with Crippen molar-refractivity contribution in [2.24, 2.45) is 0 Å². The van der Waals surface area contributed by atoms with Gasteiger partial charge >= 0.3 is 0 Å². The molecule has 0 aliphatic carbocycles. The lowest BCUT2D eigenvalue weighted by molar-refractivity contribution is 0.628. The molecule has 0 aliphatic rings. The number of benzene rings is 2. The van der Waals surface area contributed by atoms with Gasteiger partial charge in [0, 0.05) is 28.0 Å². The third kappa shape index (κ3) is 3.01. The van der Waals surface area contributed by atoms with E-state index < -0.39 is 0 Å². The van der Waals surface area contributed by atoms with Crippen LogP contribution in [0.2, 0.25) is 0 Å². The van der Waals surface area contributed by atoms with Gasteiger partial charge in [-0.1, -0.05) is 24.3 Å². The maximum atomic E-state index is 14.9. The maximum Gasteiger partial charge on any atom is 0.150 e. The van der Waals surface area contributed by atoms with Gasteiger partial charge in [-0.2, -0.15) is 0 Å². The SMILES string of the molecule is C/C=C\C(=C/C)c1cc(F)c2nc(-c3c[nH]c4c(C)cc(F)cc34)ccc2c1. The second kappa shape index (κ2) is 7.04. The molecule has 0 spiro atoms. The number of pyridine rings is 1. The van der Waals surface area contributed by atoms with Crippen LogP contribution in [0.15, 0.2) is 60.8 Å². The molecule has 2 aromatic heterocycles. The molecule has 0 radical (unpaired) electrons. The van der Waals surface area contributed by atoms with Gasteiger partial charge in [-0.15, -0.1) is 0 Å². The largest absolute Gasteiger partial charge is 0.360 e. The smallest absolute Gasteiger partial charge is 0.150 e. The van der Waals surface area contributed by atoms with Crippen LogP contribution < -0.4 is 0 Å². The van der Waals surface area contributed by atoms with Crippen molar-refractivity contribution in [3.8, 4) is 11.3 Å². The number of allylic oxidation sites excluding steroid dienone is 4. The van der Waals surface area contributed by atoms with Gasteiger partial charge in [0.15, 0.2) is 0 Å². The summed E-state index contributed by atoms with van der Waals surface area (Å²) in [5.74, 6) is -0.675. The minimum Gasteiger partial charge on any atom is -0.360 e. The molecule has 28 heavy (non-hydrogen) atoms. The van der Waals surface area contributed by atoms with Crippen molar-refractivity contribution in [3.05, 3.63) is 83.6 Å². The first kappa shape index (κ1) is 18.1. The fourth-order valence-corrected chi connectivity index (χ4v) is 3.63. The standard InChI is InChI=1S/C24H20F2N2/c1-4-6-15(5-2)17-10-16-7-8-22(28-24(16)21(26)11-17)20-13-27-23-14(3)9-18(25)12-19(20)23/h4-13,27H,1-3H3/b6-4-,15-5+. The van der Waals surface area contributed by atoms with E-state index in [0.717, 1.165) is 38.6 Å². The number of halogens is 2. The summed E-state index contributed by atoms with van der Waals surface area (Å²) in [5.41, 5.74) is 5.11. The van der Waals surface area contributed by atoms with Gasteiger partial charge < -0.3 is 4.98 Å². The third-order valence-electron chi connectivity index (χ3n) is 4.96. The van der Waals surface area contributed by atoms with Gasteiger partial charge in [-0.3, -0.25) is 0 Å². The van der Waals surface area contributed by atoms with Crippen molar-refractivity contribution in [2.75, 3.05) is 0 Å². The maximum absolute atomic E-state index is 14.9. The average molecular weight is 374 g/mol. The minimum absolute atomic E-state index is 0.301. The molecule has 0 atom stereocenters. The Bertz CT molecular complexity index is 1260. The van der Waals surface area contributed by atoms with Gasteiger partial charge in [-0.05, 0) is 67.8 Å². The monoisotopic (exact) mass is 374 g/mol. The van der Waals surface area contributed by atoms with E-state index in [2.05, 4.69) is 9.97 Å². The van der Waals surface area contributed by atoms with E-state index in [-0.39, 0.29) is 11.6 Å². The molecule has 0 aliphatic heterocycles. The highest BCUT2D eigenvalue weighted by Gasteiger charge is 2.13. The molecule has 0 unspecified atom stereocenters. The van der Waals surface area contributed by atoms with Crippen LogP contribution in [0, 0.1) is 18.6 Å². The zero-order chi connectivity index (χ0) is 19.8. The lowest BCUT2D eigenvalue weighted by Crippen LogP contribution is -1.91. The van der Waals surface area contributed by atoms with E-state index in [0.29, 0.717) is 11.2 Å². The van der Waals surface area contributed by atoms with Crippen molar-refractivity contribution in [2.45, 2.75) is 20.8 Å². The molecule has 0 saturated heterocycles. The first-order chi connectivity index (χ1) is 13.5. The van der Waals surface area contributed by atoms with Crippen LogP contribution in [0.5, 0.6) is 0 Å². The Morgan fingerprint density at radius 1 is 1.07 bits per heavy atom. The predicted octanol–water partition coefficient (Wildman–Crippen LogP) is 6.95. The van der Waals surface area contributed by atoms with Crippen LogP contribution in [0.3, 0.4) is 0 Å². The van der Waals surface area contributed by atoms with Crippen LogP contribution in [0.1, 0.15) is 25.0 Å². The highest BCUT2D eigenvalue weighted by atomic mass is 19.1. The summed E-state index contributed by atoms with van der Waals surface area (Å²) >= 11 is 0. The highest BCUT2D eigenvalue weighted by Crippen LogP contribution is 2.32. The van der Waals surface area contributed by atoms with Gasteiger partial charge in [0.2, 0.25) is 0 Å². The second-order valence-corrected chi connectivity index (χ2v) is 6.82. The highest BCUT2D eigenvalue weighted by molar-refractivity contribution is 5.97. The molecule has 4 rings (SSSR count). The van der Waals surface area contributed by atoms with Crippen LogP contribution in [0.4, 0.5) is 8.78 Å². The number of aromatic amines is 1. The van der Waals surface area contributed by atoms with E-state index in [1.807, 2.05) is 57.2 Å². The summed E-state index contributed by atoms with van der Waals surface area (Å²) in [5, 5.41) is 1.47. The van der Waals surface area contributed by atoms with Crippen molar-refractivity contribution in [1.82, 2.24) is 9.97 Å². The van der Waals surface area contributed by atoms with Crippen molar-refractivity contribution in [1.29, 1.82) is 0 Å². The van der Waals surface area contributed by atoms with Crippen molar-refractivity contribution >= 4 is 27.4 Å². The van der Waals surface area contributed by atoms with E-state index >= 15 is 0 Å². The number of rotatable bonds is 3. The first-order valence-corrected chi connectivity index (χ1v) is 9.19. The average Bonchev–Trinajstić information content (AvgIpc) is 3.10. The Labute approximate surface area is 162 Å². The Kier molecular flexibility index (Phi) is 4.55. The summed E-state index contributed by atoms with van der Waals surface area (Å²) in [6.45, 7) is 5.71. The summed E-state index contributed by atoms with van der Waals surface area (Å²) in [7, 11) is 0. The Morgan fingerprint density at radius 3 is 2.64 bits per heavy atom. The summed E-state index contributed by atoms with van der Waals surface area (Å²) < 4.78 is 28.8. The molecule has 2 heterocycles. The Morgan fingerprint density at radius 2 is 1.89 bits per heavy atom. The van der Waals surface area contributed by atoms with E-state index in [1.54, 1.807) is 6.20 Å². The quantitative estimate of drug-likeness (QED) is 0.386. The number of hydrogen-bond donors (Lipinski definition) is 1. The zero-order valence-electron chi connectivity index (χ0n) is 16.0. The van der Waals surface area contributed by atoms with Gasteiger partial charge in [0.25, 0.3) is 0 Å². The molecule has 2 aromatic carbocycles. The van der Waals surface area contributed by atoms with E-state index in [1.165, 1.54) is 18.2 Å². The minimum atomic E-state index is -0.375. The molecule has 0 fully saturated rings. The summed E-state index contributed by atoms with van der Waals surface area (Å²) in [6.07, 6.45) is 7.62. The second-order valence-electron chi connectivity index (χ2n) is 6.82. The van der Waals surface area contributed by atoms with E-state index in [4.69, 9.17) is 0 Å². The topological polar surface area (TPSA) is 28.7 Å². The van der Waals surface area contributed by atoms with Gasteiger partial charge in [0.05, 0.1) is 5.69 Å². The fourth-order valence-electron chi connectivity index (χ4n) is 3.63. The number of H-pyrrole nitrogens is 1. The van der Waals surface area contributed by atoms with Crippen LogP contribution >= 0.6 is 0 Å². The Hall–Kier alpha value is -3.27. The van der Waals surface area contributed by atoms with E-state index in [9.17, 15) is 8.78 Å². The molecular weight excluding hydrogens is 354 g/mol. The number of nitrogens with zero attached hydrogens (tertiary/aromatic N) is 1. The van der Waals surface area contributed by atoms with Gasteiger partial charge in [0.1, 0.15) is 17.2 Å². The number of nitrogens with one attached hydrogen (secondary N) is 1. The molecule has 0 amide bonds. The number of aromatic nitrogens is 2. The van der Waals surface area contributed by atoms with Crippen LogP contribution in [-0.4, -0.2) is 9.97 Å². The molecule has 4 heteroatoms. The van der Waals surface area contributed by atoms with Crippen LogP contribution in [0.25, 0.3) is 38.6 Å². The number of fused-ring (bicyclic) bond motifs is 2. The molecule has 1 N–H and O–H groups in total. The van der Waals surface area contributed by atoms with Crippen LogP contribution in [-0.2, 0) is 0 Å². The normalized spacial score (nSPS) is 12.5. The molecule has 4 aromatic rings. The van der Waals surface area contributed by atoms with Crippen molar-refractivity contribution < 1.29 is 8.78 Å². The lowest BCUT2D eigenvalue weighted by Gasteiger charge is -2.08. The lowest BCUT2D eigenvalue weighted by atomic mass is 10.0. The fraction of sp³-hybridized carbons (Fsp3) is 0.125. The molecule has 2 nitrogen and oxygen atoms in total. The van der Waals surface area contributed by atoms with Gasteiger partial charge in [-0.25, -0.2) is 13.8 Å². The summed E-state index contributed by atoms with van der Waals surface area (Å²) in [6, 6.07) is 10.1. The molecular formula is C24H20F2N2. The third-order valence-corrected chi connectivity index (χ3v) is 4.96. The summed E-state index contributed by atoms with van der Waals surface area (Å²) in [4.78, 5) is 7.72. The van der Waals surface area contributed by atoms with Crippen molar-refractivity contribution in [3.63, 3.8) is 0 Å². The zero-order valence-corrected chi connectivity index (χ0v) is 16.0. The molecule has 140 valence electrons. The number of hydrogen-bond acceptors (Lipinski definition) is 1. The predicted molar refractivity (Wildman–Crippen MR) is 112 cm³/mol. The molecule has 0 bridgehead atoms.